The van der Waals surface area contributed by atoms with Crippen LogP contribution in [0.3, 0.4) is 0 Å². The number of pyridine rings is 1. The van der Waals surface area contributed by atoms with Crippen LogP contribution in [0.4, 0.5) is 11.5 Å². The van der Waals surface area contributed by atoms with Gasteiger partial charge >= 0.3 is 5.97 Å². The molecule has 0 spiro atoms. The molecule has 0 unspecified atom stereocenters. The molecule has 1 fully saturated rings. The number of benzene rings is 1. The van der Waals surface area contributed by atoms with Gasteiger partial charge in [0.1, 0.15) is 5.82 Å². The molecule has 7 nitrogen and oxygen atoms in total. The number of anilines is 1. The van der Waals surface area contributed by atoms with Crippen molar-refractivity contribution in [2.75, 3.05) is 11.9 Å². The van der Waals surface area contributed by atoms with E-state index in [0.29, 0.717) is 36.1 Å². The van der Waals surface area contributed by atoms with Crippen LogP contribution in [0.1, 0.15) is 12.8 Å². The van der Waals surface area contributed by atoms with Crippen LogP contribution >= 0.6 is 0 Å². The van der Waals surface area contributed by atoms with Crippen molar-refractivity contribution in [3.05, 3.63) is 40.4 Å². The molecule has 0 radical (unpaired) electrons. The molecule has 108 valence electrons. The lowest BCUT2D eigenvalue weighted by atomic mass is 10.1. The van der Waals surface area contributed by atoms with Gasteiger partial charge in [0.05, 0.1) is 15.9 Å². The maximum Gasteiger partial charge on any atom is 0.311 e. The smallest absolute Gasteiger partial charge is 0.311 e. The second kappa shape index (κ2) is 4.69. The van der Waals surface area contributed by atoms with Crippen molar-refractivity contribution >= 4 is 28.4 Å². The van der Waals surface area contributed by atoms with Crippen LogP contribution in [-0.2, 0) is 4.79 Å². The summed E-state index contributed by atoms with van der Waals surface area (Å²) in [5.74, 6) is -0.213. The van der Waals surface area contributed by atoms with Crippen molar-refractivity contribution in [3.63, 3.8) is 0 Å². The largest absolute Gasteiger partial charge is 0.481 e. The first-order chi connectivity index (χ1) is 10.00. The third-order valence-corrected chi connectivity index (χ3v) is 3.80. The molecule has 1 saturated carbocycles. The van der Waals surface area contributed by atoms with Gasteiger partial charge < -0.3 is 10.4 Å². The quantitative estimate of drug-likeness (QED) is 0.646. The van der Waals surface area contributed by atoms with E-state index in [4.69, 9.17) is 5.11 Å². The van der Waals surface area contributed by atoms with Crippen molar-refractivity contribution in [1.29, 1.82) is 0 Å². The Morgan fingerprint density at radius 1 is 1.38 bits per heavy atom. The number of carbonyl (C=O) groups is 1. The molecule has 2 aromatic rings. The van der Waals surface area contributed by atoms with Gasteiger partial charge in [-0.05, 0) is 31.0 Å². The summed E-state index contributed by atoms with van der Waals surface area (Å²) in [6.45, 7) is 0.341. The minimum atomic E-state index is -0.786. The molecule has 0 bridgehead atoms. The maximum atomic E-state index is 11.1. The average Bonchev–Trinajstić information content (AvgIpc) is 3.25. The van der Waals surface area contributed by atoms with E-state index >= 15 is 0 Å². The Bertz CT molecular complexity index is 740. The van der Waals surface area contributed by atoms with E-state index in [0.717, 1.165) is 0 Å². The number of aromatic nitrogens is 1. The van der Waals surface area contributed by atoms with Crippen LogP contribution in [0, 0.1) is 15.5 Å². The van der Waals surface area contributed by atoms with E-state index in [1.54, 1.807) is 18.2 Å². The number of aliphatic carboxylic acids is 1. The third-order valence-electron chi connectivity index (χ3n) is 3.80. The van der Waals surface area contributed by atoms with E-state index in [-0.39, 0.29) is 5.69 Å². The molecule has 1 aliphatic rings. The number of carboxylic acids is 1. The summed E-state index contributed by atoms with van der Waals surface area (Å²) in [4.78, 5) is 25.7. The van der Waals surface area contributed by atoms with Crippen LogP contribution in [-0.4, -0.2) is 27.5 Å². The molecule has 0 atom stereocenters. The third kappa shape index (κ3) is 2.49. The summed E-state index contributed by atoms with van der Waals surface area (Å²) < 4.78 is 0. The highest BCUT2D eigenvalue weighted by Crippen LogP contribution is 2.45. The molecular formula is C14H13N3O4. The van der Waals surface area contributed by atoms with Gasteiger partial charge in [0.25, 0.3) is 5.69 Å². The van der Waals surface area contributed by atoms with E-state index < -0.39 is 16.3 Å². The molecule has 1 heterocycles. The van der Waals surface area contributed by atoms with Gasteiger partial charge in [-0.25, -0.2) is 4.98 Å². The Balaban J connectivity index is 1.80. The number of hydrogen-bond donors (Lipinski definition) is 2. The van der Waals surface area contributed by atoms with Crippen molar-refractivity contribution < 1.29 is 14.8 Å². The fraction of sp³-hybridized carbons (Fsp3) is 0.286. The van der Waals surface area contributed by atoms with E-state index in [9.17, 15) is 14.9 Å². The summed E-state index contributed by atoms with van der Waals surface area (Å²) in [6, 6.07) is 7.88. The van der Waals surface area contributed by atoms with Gasteiger partial charge in [0.15, 0.2) is 0 Å². The van der Waals surface area contributed by atoms with Gasteiger partial charge in [-0.2, -0.15) is 0 Å². The Morgan fingerprint density at radius 2 is 2.14 bits per heavy atom. The molecule has 0 amide bonds. The zero-order valence-electron chi connectivity index (χ0n) is 11.1. The van der Waals surface area contributed by atoms with Crippen molar-refractivity contribution in [2.24, 2.45) is 5.41 Å². The second-order valence-corrected chi connectivity index (χ2v) is 5.27. The summed E-state index contributed by atoms with van der Waals surface area (Å²) in [7, 11) is 0. The SMILES string of the molecule is O=C(O)C1(CNc2ccc3cc([N+](=O)[O-])ccc3n2)CC1. The zero-order chi connectivity index (χ0) is 15.0. The Labute approximate surface area is 119 Å². The van der Waals surface area contributed by atoms with Gasteiger partial charge in [0.2, 0.25) is 0 Å². The highest BCUT2D eigenvalue weighted by atomic mass is 16.6. The van der Waals surface area contributed by atoms with E-state index in [1.165, 1.54) is 12.1 Å². The van der Waals surface area contributed by atoms with Crippen molar-refractivity contribution in [1.82, 2.24) is 4.98 Å². The van der Waals surface area contributed by atoms with Crippen LogP contribution in [0.15, 0.2) is 30.3 Å². The standard InChI is InChI=1S/C14H13N3O4/c18-13(19)14(5-6-14)8-15-12-4-1-9-7-10(17(20)21)2-3-11(9)16-12/h1-4,7H,5-6,8H2,(H,15,16)(H,18,19). The summed E-state index contributed by atoms with van der Waals surface area (Å²) in [6.07, 6.45) is 1.35. The van der Waals surface area contributed by atoms with E-state index in [2.05, 4.69) is 10.3 Å². The van der Waals surface area contributed by atoms with Gasteiger partial charge in [0, 0.05) is 24.1 Å². The lowest BCUT2D eigenvalue weighted by Gasteiger charge is -2.11. The Morgan fingerprint density at radius 3 is 2.76 bits per heavy atom. The summed E-state index contributed by atoms with van der Waals surface area (Å²) >= 11 is 0. The first kappa shape index (κ1) is 13.3. The normalized spacial score (nSPS) is 15.6. The highest BCUT2D eigenvalue weighted by Gasteiger charge is 2.50. The molecule has 1 aliphatic carbocycles. The molecule has 3 rings (SSSR count). The van der Waals surface area contributed by atoms with Crippen molar-refractivity contribution in [2.45, 2.75) is 12.8 Å². The number of nitro groups is 1. The maximum absolute atomic E-state index is 11.1. The molecular weight excluding hydrogens is 274 g/mol. The Kier molecular flexibility index (Phi) is 2.97. The zero-order valence-corrected chi connectivity index (χ0v) is 11.1. The number of rotatable bonds is 5. The minimum Gasteiger partial charge on any atom is -0.481 e. The van der Waals surface area contributed by atoms with Crippen LogP contribution in [0.25, 0.3) is 10.9 Å². The predicted octanol–water partition coefficient (Wildman–Crippen LogP) is 2.42. The fourth-order valence-corrected chi connectivity index (χ4v) is 2.20. The summed E-state index contributed by atoms with van der Waals surface area (Å²) in [5, 5.41) is 23.5. The van der Waals surface area contributed by atoms with Gasteiger partial charge in [-0.1, -0.05) is 0 Å². The van der Waals surface area contributed by atoms with Crippen molar-refractivity contribution in [3.8, 4) is 0 Å². The molecule has 7 heteroatoms. The van der Waals surface area contributed by atoms with Crippen LogP contribution < -0.4 is 5.32 Å². The summed E-state index contributed by atoms with van der Waals surface area (Å²) in [5.41, 5.74) is -0.00913. The monoisotopic (exact) mass is 287 g/mol. The first-order valence-corrected chi connectivity index (χ1v) is 6.53. The number of nitro benzene ring substituents is 1. The lowest BCUT2D eigenvalue weighted by molar-refractivity contribution is -0.384. The molecule has 2 N–H and O–H groups in total. The number of non-ortho nitro benzene ring substituents is 1. The second-order valence-electron chi connectivity index (χ2n) is 5.27. The number of fused-ring (bicyclic) bond motifs is 1. The van der Waals surface area contributed by atoms with Gasteiger partial charge in [-0.3, -0.25) is 14.9 Å². The molecule has 21 heavy (non-hydrogen) atoms. The van der Waals surface area contributed by atoms with Crippen LogP contribution in [0.5, 0.6) is 0 Å². The molecule has 0 aliphatic heterocycles. The first-order valence-electron chi connectivity index (χ1n) is 6.53. The number of nitrogens with one attached hydrogen (secondary N) is 1. The molecule has 1 aromatic heterocycles. The number of hydrogen-bond acceptors (Lipinski definition) is 5. The molecule has 0 saturated heterocycles. The fourth-order valence-electron chi connectivity index (χ4n) is 2.20. The Hall–Kier alpha value is -2.70. The molecule has 1 aromatic carbocycles. The number of carboxylic acid groups (broad SMARTS) is 1. The van der Waals surface area contributed by atoms with E-state index in [1.807, 2.05) is 0 Å². The average molecular weight is 287 g/mol. The topological polar surface area (TPSA) is 105 Å². The lowest BCUT2D eigenvalue weighted by Crippen LogP contribution is -2.24. The highest BCUT2D eigenvalue weighted by molar-refractivity contribution is 5.83. The minimum absolute atomic E-state index is 0.0211. The van der Waals surface area contributed by atoms with Gasteiger partial charge in [-0.15, -0.1) is 0 Å². The number of nitrogens with zero attached hydrogens (tertiary/aromatic N) is 2. The van der Waals surface area contributed by atoms with Crippen LogP contribution in [0.2, 0.25) is 0 Å². The predicted molar refractivity (Wildman–Crippen MR) is 76.2 cm³/mol.